The van der Waals surface area contributed by atoms with Crippen molar-refractivity contribution in [3.63, 3.8) is 0 Å². The second-order valence-electron chi connectivity index (χ2n) is 7.80. The van der Waals surface area contributed by atoms with E-state index in [0.29, 0.717) is 28.3 Å². The van der Waals surface area contributed by atoms with Gasteiger partial charge >= 0.3 is 6.03 Å². The summed E-state index contributed by atoms with van der Waals surface area (Å²) in [5.41, 5.74) is 1.38. The van der Waals surface area contributed by atoms with E-state index in [1.807, 2.05) is 36.4 Å². The highest BCUT2D eigenvalue weighted by Crippen LogP contribution is 2.19. The molecule has 156 valence electrons. The average Bonchev–Trinajstić information content (AvgIpc) is 2.75. The van der Waals surface area contributed by atoms with E-state index >= 15 is 0 Å². The third kappa shape index (κ3) is 5.00. The Bertz CT molecular complexity index is 1070. The van der Waals surface area contributed by atoms with Crippen molar-refractivity contribution < 1.29 is 4.79 Å². The second kappa shape index (κ2) is 9.30. The minimum atomic E-state index is -0.199. The molecule has 2 amide bonds. The number of carbonyl (C=O) groups is 1. The number of hydrogen-bond donors (Lipinski definition) is 2. The first-order valence-corrected chi connectivity index (χ1v) is 10.7. The lowest BCUT2D eigenvalue weighted by molar-refractivity contribution is 0.183. The molecular formula is C23H25ClN4O2. The Morgan fingerprint density at radius 2 is 1.80 bits per heavy atom. The molecule has 30 heavy (non-hydrogen) atoms. The number of benzene rings is 2. The van der Waals surface area contributed by atoms with Crippen molar-refractivity contribution in [3.05, 3.63) is 75.3 Å². The van der Waals surface area contributed by atoms with Gasteiger partial charge in [0, 0.05) is 17.6 Å². The summed E-state index contributed by atoms with van der Waals surface area (Å²) in [4.78, 5) is 34.6. The quantitative estimate of drug-likeness (QED) is 0.627. The number of amides is 2. The smallest absolute Gasteiger partial charge is 0.318 e. The number of nitrogens with zero attached hydrogens (tertiary/aromatic N) is 2. The summed E-state index contributed by atoms with van der Waals surface area (Å²) in [7, 11) is 0. The monoisotopic (exact) mass is 424 g/mol. The predicted molar refractivity (Wildman–Crippen MR) is 118 cm³/mol. The Morgan fingerprint density at radius 3 is 2.57 bits per heavy atom. The highest BCUT2D eigenvalue weighted by atomic mass is 35.5. The minimum absolute atomic E-state index is 0.146. The van der Waals surface area contributed by atoms with Crippen LogP contribution in [-0.4, -0.2) is 26.9 Å². The van der Waals surface area contributed by atoms with E-state index in [9.17, 15) is 9.59 Å². The fraction of sp³-hybridized carbons (Fsp3) is 0.348. The zero-order valence-electron chi connectivity index (χ0n) is 16.7. The Balaban J connectivity index is 1.58. The van der Waals surface area contributed by atoms with E-state index in [-0.39, 0.29) is 24.2 Å². The number of hydrogen-bond acceptors (Lipinski definition) is 3. The summed E-state index contributed by atoms with van der Waals surface area (Å²) in [6.45, 7) is 0.605. The molecule has 1 aliphatic carbocycles. The predicted octanol–water partition coefficient (Wildman–Crippen LogP) is 4.62. The van der Waals surface area contributed by atoms with Gasteiger partial charge in [0.2, 0.25) is 0 Å². The maximum absolute atomic E-state index is 13.1. The van der Waals surface area contributed by atoms with Gasteiger partial charge in [-0.25, -0.2) is 9.78 Å². The van der Waals surface area contributed by atoms with Crippen molar-refractivity contribution in [2.24, 2.45) is 0 Å². The van der Waals surface area contributed by atoms with Gasteiger partial charge < -0.3 is 15.2 Å². The molecule has 1 saturated carbocycles. The van der Waals surface area contributed by atoms with Crippen molar-refractivity contribution in [3.8, 4) is 0 Å². The van der Waals surface area contributed by atoms with Gasteiger partial charge in [-0.2, -0.15) is 0 Å². The molecule has 0 atom stereocenters. The molecule has 3 aromatic rings. The number of halogens is 1. The van der Waals surface area contributed by atoms with Gasteiger partial charge in [0.1, 0.15) is 5.82 Å². The zero-order valence-corrected chi connectivity index (χ0v) is 17.5. The van der Waals surface area contributed by atoms with Gasteiger partial charge in [0.15, 0.2) is 0 Å². The summed E-state index contributed by atoms with van der Waals surface area (Å²) in [5, 5.41) is 4.35. The van der Waals surface area contributed by atoms with Gasteiger partial charge in [-0.1, -0.05) is 55.1 Å². The molecule has 2 aromatic carbocycles. The SMILES string of the molecule is O=C(NC1CCCCC1)N(Cc1ccc(Cl)cc1)Cc1nc2ccccc2c(=O)[nH]1. The Labute approximate surface area is 180 Å². The Morgan fingerprint density at radius 1 is 1.07 bits per heavy atom. The molecule has 6 nitrogen and oxygen atoms in total. The number of carbonyl (C=O) groups excluding carboxylic acids is 1. The fourth-order valence-electron chi connectivity index (χ4n) is 3.91. The van der Waals surface area contributed by atoms with Crippen LogP contribution < -0.4 is 10.9 Å². The number of rotatable bonds is 5. The largest absolute Gasteiger partial charge is 0.335 e. The van der Waals surface area contributed by atoms with Gasteiger partial charge in [-0.05, 0) is 42.7 Å². The molecule has 2 N–H and O–H groups in total. The summed E-state index contributed by atoms with van der Waals surface area (Å²) in [6.07, 6.45) is 5.52. The lowest BCUT2D eigenvalue weighted by atomic mass is 9.96. The molecule has 0 bridgehead atoms. The van der Waals surface area contributed by atoms with Gasteiger partial charge in [0.05, 0.1) is 17.4 Å². The van der Waals surface area contributed by atoms with Crippen LogP contribution in [0.25, 0.3) is 10.9 Å². The van der Waals surface area contributed by atoms with Crippen molar-refractivity contribution in [1.29, 1.82) is 0 Å². The molecule has 1 aromatic heterocycles. The highest BCUT2D eigenvalue weighted by molar-refractivity contribution is 6.30. The first-order chi connectivity index (χ1) is 14.6. The van der Waals surface area contributed by atoms with E-state index in [4.69, 9.17) is 11.6 Å². The standard InChI is InChI=1S/C23H25ClN4O2/c24-17-12-10-16(11-13-17)14-28(23(30)25-18-6-2-1-3-7-18)15-21-26-20-9-5-4-8-19(20)22(29)27-21/h4-5,8-13,18H,1-3,6-7,14-15H2,(H,25,30)(H,26,27,29). The molecule has 0 aliphatic heterocycles. The van der Waals surface area contributed by atoms with Crippen LogP contribution in [0, 0.1) is 0 Å². The normalized spacial score (nSPS) is 14.6. The van der Waals surface area contributed by atoms with Gasteiger partial charge in [-0.3, -0.25) is 4.79 Å². The van der Waals surface area contributed by atoms with Crippen molar-refractivity contribution in [2.75, 3.05) is 0 Å². The lowest BCUT2D eigenvalue weighted by Gasteiger charge is -2.28. The summed E-state index contributed by atoms with van der Waals surface area (Å²) in [6, 6.07) is 14.7. The van der Waals surface area contributed by atoms with E-state index in [1.54, 1.807) is 17.0 Å². The topological polar surface area (TPSA) is 78.1 Å². The van der Waals surface area contributed by atoms with Crippen LogP contribution in [0.5, 0.6) is 0 Å². The molecule has 0 spiro atoms. The maximum Gasteiger partial charge on any atom is 0.318 e. The molecule has 1 fully saturated rings. The van der Waals surface area contributed by atoms with E-state index in [1.165, 1.54) is 6.42 Å². The highest BCUT2D eigenvalue weighted by Gasteiger charge is 2.21. The van der Waals surface area contributed by atoms with E-state index < -0.39 is 0 Å². The second-order valence-corrected chi connectivity index (χ2v) is 8.23. The molecule has 1 aliphatic rings. The van der Waals surface area contributed by atoms with Gasteiger partial charge in [0.25, 0.3) is 5.56 Å². The third-order valence-corrected chi connectivity index (χ3v) is 5.76. The summed E-state index contributed by atoms with van der Waals surface area (Å²) in [5.74, 6) is 0.464. The molecule has 0 radical (unpaired) electrons. The van der Waals surface area contributed by atoms with Crippen LogP contribution in [0.4, 0.5) is 4.79 Å². The van der Waals surface area contributed by atoms with E-state index in [2.05, 4.69) is 15.3 Å². The first kappa shape index (κ1) is 20.4. The van der Waals surface area contributed by atoms with Crippen LogP contribution >= 0.6 is 11.6 Å². The summed E-state index contributed by atoms with van der Waals surface area (Å²) < 4.78 is 0. The Hall–Kier alpha value is -2.86. The minimum Gasteiger partial charge on any atom is -0.335 e. The van der Waals surface area contributed by atoms with Crippen LogP contribution in [0.15, 0.2) is 53.3 Å². The van der Waals surface area contributed by atoms with Crippen molar-refractivity contribution in [1.82, 2.24) is 20.2 Å². The van der Waals surface area contributed by atoms with Crippen LogP contribution in [-0.2, 0) is 13.1 Å². The van der Waals surface area contributed by atoms with E-state index in [0.717, 1.165) is 31.2 Å². The number of urea groups is 1. The molecular weight excluding hydrogens is 400 g/mol. The molecule has 7 heteroatoms. The molecule has 0 saturated heterocycles. The van der Waals surface area contributed by atoms with Crippen LogP contribution in [0.2, 0.25) is 5.02 Å². The fourth-order valence-corrected chi connectivity index (χ4v) is 4.04. The van der Waals surface area contributed by atoms with Crippen molar-refractivity contribution >= 4 is 28.5 Å². The number of fused-ring (bicyclic) bond motifs is 1. The first-order valence-electron chi connectivity index (χ1n) is 10.4. The number of para-hydroxylation sites is 1. The Kier molecular flexibility index (Phi) is 6.33. The average molecular weight is 425 g/mol. The molecule has 4 rings (SSSR count). The lowest BCUT2D eigenvalue weighted by Crippen LogP contribution is -2.45. The maximum atomic E-state index is 13.1. The zero-order chi connectivity index (χ0) is 20.9. The number of aromatic amines is 1. The van der Waals surface area contributed by atoms with Crippen molar-refractivity contribution in [2.45, 2.75) is 51.2 Å². The number of aromatic nitrogens is 2. The van der Waals surface area contributed by atoms with Crippen LogP contribution in [0.1, 0.15) is 43.5 Å². The summed E-state index contributed by atoms with van der Waals surface area (Å²) >= 11 is 6.00. The molecule has 0 unspecified atom stereocenters. The van der Waals surface area contributed by atoms with Crippen LogP contribution in [0.3, 0.4) is 0 Å². The number of H-pyrrole nitrogens is 1. The third-order valence-electron chi connectivity index (χ3n) is 5.51. The molecule has 1 heterocycles. The number of nitrogens with one attached hydrogen (secondary N) is 2. The van der Waals surface area contributed by atoms with Gasteiger partial charge in [-0.15, -0.1) is 0 Å².